The molecule has 1 amide bonds. The topological polar surface area (TPSA) is 98.2 Å². The van der Waals surface area contributed by atoms with Gasteiger partial charge in [0.25, 0.3) is 0 Å². The van der Waals surface area contributed by atoms with Crippen LogP contribution in [0.5, 0.6) is 5.88 Å². The van der Waals surface area contributed by atoms with Gasteiger partial charge in [0, 0.05) is 32.5 Å². The molecule has 3 heterocycles. The van der Waals surface area contributed by atoms with Crippen LogP contribution in [-0.2, 0) is 19.1 Å². The third-order valence-corrected chi connectivity index (χ3v) is 5.01. The fraction of sp³-hybridized carbons (Fsp3) is 0.632. The molecular weight excluding hydrogens is 428 g/mol. The van der Waals surface area contributed by atoms with Crippen LogP contribution in [0.3, 0.4) is 0 Å². The van der Waals surface area contributed by atoms with E-state index in [9.17, 15) is 22.4 Å². The summed E-state index contributed by atoms with van der Waals surface area (Å²) >= 11 is 0. The van der Waals surface area contributed by atoms with Crippen LogP contribution in [0.25, 0.3) is 0 Å². The maximum atomic E-state index is 13.7. The minimum Gasteiger partial charge on any atom is -0.475 e. The molecule has 1 aromatic heterocycles. The molecule has 2 fully saturated rings. The molecule has 12 heteroatoms. The van der Waals surface area contributed by atoms with Gasteiger partial charge in [-0.2, -0.15) is 13.2 Å². The molecule has 0 unspecified atom stereocenters. The first kappa shape index (κ1) is 24.8. The monoisotopic (exact) mass is 452 g/mol. The van der Waals surface area contributed by atoms with Crippen molar-refractivity contribution in [1.82, 2.24) is 9.88 Å². The number of halogens is 4. The highest BCUT2D eigenvalue weighted by molar-refractivity contribution is 5.77. The number of fused-ring (bicyclic) bond motifs is 1. The summed E-state index contributed by atoms with van der Waals surface area (Å²) in [6, 6.07) is 2.85. The number of carboxylic acid groups (broad SMARTS) is 1. The fourth-order valence-corrected chi connectivity index (χ4v) is 3.44. The second-order valence-corrected chi connectivity index (χ2v) is 7.09. The Morgan fingerprint density at radius 3 is 2.74 bits per heavy atom. The van der Waals surface area contributed by atoms with Crippen LogP contribution in [0.15, 0.2) is 18.3 Å². The zero-order valence-corrected chi connectivity index (χ0v) is 16.9. The molecule has 31 heavy (non-hydrogen) atoms. The number of aromatic nitrogens is 1. The maximum Gasteiger partial charge on any atom is 0.490 e. The number of piperidine rings is 1. The molecule has 0 bridgehead atoms. The molecule has 174 valence electrons. The first-order valence-electron chi connectivity index (χ1n) is 9.59. The lowest BCUT2D eigenvalue weighted by Gasteiger charge is -2.43. The number of ether oxygens (including phenoxy) is 3. The van der Waals surface area contributed by atoms with E-state index < -0.39 is 18.0 Å². The Balaban J connectivity index is 0.000000423. The van der Waals surface area contributed by atoms with Gasteiger partial charge in [0.15, 0.2) is 5.82 Å². The number of carbonyl (C=O) groups is 2. The molecule has 2 saturated heterocycles. The number of aliphatic carboxylic acids is 1. The second kappa shape index (κ2) is 10.7. The van der Waals surface area contributed by atoms with Crippen molar-refractivity contribution in [3.63, 3.8) is 0 Å². The molecule has 2 atom stereocenters. The third kappa shape index (κ3) is 6.76. The molecular formula is C19H24F4N2O6. The summed E-state index contributed by atoms with van der Waals surface area (Å²) in [5, 5.41) is 7.12. The third-order valence-electron chi connectivity index (χ3n) is 5.01. The molecule has 0 radical (unpaired) electrons. The van der Waals surface area contributed by atoms with Crippen LogP contribution >= 0.6 is 0 Å². The number of likely N-dealkylation sites (tertiary alicyclic amines) is 1. The number of carbonyl (C=O) groups excluding carboxylic acids is 1. The zero-order chi connectivity index (χ0) is 23.1. The Morgan fingerprint density at radius 2 is 2.13 bits per heavy atom. The molecule has 1 N–H and O–H groups in total. The van der Waals surface area contributed by atoms with Gasteiger partial charge in [0.05, 0.1) is 18.1 Å². The molecule has 0 aliphatic carbocycles. The lowest BCUT2D eigenvalue weighted by Crippen LogP contribution is -2.54. The van der Waals surface area contributed by atoms with Crippen molar-refractivity contribution in [3.8, 4) is 5.88 Å². The van der Waals surface area contributed by atoms with E-state index >= 15 is 0 Å². The average molecular weight is 452 g/mol. The van der Waals surface area contributed by atoms with Crippen LogP contribution in [0.4, 0.5) is 17.6 Å². The second-order valence-electron chi connectivity index (χ2n) is 7.09. The summed E-state index contributed by atoms with van der Waals surface area (Å²) in [5.41, 5.74) is -0.315. The molecule has 1 aromatic rings. The average Bonchev–Trinajstić information content (AvgIpc) is 3.14. The molecule has 8 nitrogen and oxygen atoms in total. The van der Waals surface area contributed by atoms with Crippen molar-refractivity contribution in [1.29, 1.82) is 0 Å². The maximum absolute atomic E-state index is 13.7. The molecule has 0 aromatic carbocycles. The zero-order valence-electron chi connectivity index (χ0n) is 16.9. The van der Waals surface area contributed by atoms with Crippen molar-refractivity contribution < 1.29 is 46.5 Å². The van der Waals surface area contributed by atoms with Crippen LogP contribution in [-0.4, -0.2) is 78.7 Å². The summed E-state index contributed by atoms with van der Waals surface area (Å²) in [7, 11) is 0. The predicted octanol–water partition coefficient (Wildman–Crippen LogP) is 2.28. The van der Waals surface area contributed by atoms with E-state index in [0.29, 0.717) is 26.3 Å². The Bertz CT molecular complexity index is 763. The van der Waals surface area contributed by atoms with Crippen molar-refractivity contribution in [2.75, 3.05) is 39.5 Å². The molecule has 3 rings (SSSR count). The van der Waals surface area contributed by atoms with Crippen LogP contribution < -0.4 is 4.74 Å². The Kier molecular flexibility index (Phi) is 8.57. The van der Waals surface area contributed by atoms with Crippen LogP contribution in [0, 0.1) is 11.2 Å². The number of rotatable bonds is 6. The highest BCUT2D eigenvalue weighted by Gasteiger charge is 2.49. The normalized spacial score (nSPS) is 22.9. The first-order chi connectivity index (χ1) is 14.6. The van der Waals surface area contributed by atoms with Crippen LogP contribution in [0.1, 0.15) is 19.8 Å². The summed E-state index contributed by atoms with van der Waals surface area (Å²) in [6.07, 6.45) is -2.02. The van der Waals surface area contributed by atoms with E-state index in [-0.39, 0.29) is 36.5 Å². The minimum absolute atomic E-state index is 0.00436. The lowest BCUT2D eigenvalue weighted by atomic mass is 9.77. The van der Waals surface area contributed by atoms with Crippen molar-refractivity contribution >= 4 is 11.9 Å². The largest absolute Gasteiger partial charge is 0.490 e. The molecule has 2 aliphatic heterocycles. The number of alkyl halides is 3. The fourth-order valence-electron chi connectivity index (χ4n) is 3.44. The van der Waals surface area contributed by atoms with Gasteiger partial charge in [0.1, 0.15) is 6.61 Å². The number of amides is 1. The minimum atomic E-state index is -5.08. The van der Waals surface area contributed by atoms with Gasteiger partial charge in [0.2, 0.25) is 11.8 Å². The Labute approximate surface area is 176 Å². The number of carboxylic acids is 1. The Morgan fingerprint density at radius 1 is 1.42 bits per heavy atom. The van der Waals surface area contributed by atoms with Gasteiger partial charge in [-0.05, 0) is 31.9 Å². The van der Waals surface area contributed by atoms with E-state index in [4.69, 9.17) is 24.1 Å². The summed E-state index contributed by atoms with van der Waals surface area (Å²) in [4.78, 5) is 26.9. The van der Waals surface area contributed by atoms with E-state index in [2.05, 4.69) is 4.98 Å². The van der Waals surface area contributed by atoms with Crippen molar-refractivity contribution in [3.05, 3.63) is 24.1 Å². The standard InChI is InChI=1S/C17H23FN2O4.C2HF3O2/c1-2-22-10-15(21)20-8-5-14-17(11-20,6-9-23-14)12-24-16-13(18)4-3-7-19-16;3-2(4,5)1(6)7/h3-4,7,14H,2,5-6,8-12H2,1H3;(H,6,7)/t14-,17+;/m1./s1. The van der Waals surface area contributed by atoms with Gasteiger partial charge in [-0.15, -0.1) is 0 Å². The van der Waals surface area contributed by atoms with Gasteiger partial charge >= 0.3 is 12.1 Å². The van der Waals surface area contributed by atoms with Gasteiger partial charge in [-0.25, -0.2) is 14.2 Å². The summed E-state index contributed by atoms with van der Waals surface area (Å²) in [5.74, 6) is -3.27. The number of pyridine rings is 1. The highest BCUT2D eigenvalue weighted by atomic mass is 19.4. The Hall–Kier alpha value is -2.47. The van der Waals surface area contributed by atoms with E-state index in [1.807, 2.05) is 6.92 Å². The van der Waals surface area contributed by atoms with E-state index in [1.54, 1.807) is 4.90 Å². The molecule has 2 aliphatic rings. The van der Waals surface area contributed by atoms with Crippen LogP contribution in [0.2, 0.25) is 0 Å². The SMILES string of the molecule is CCOCC(=O)N1CC[C@H]2OCC[C@@]2(COc2ncccc2F)C1.O=C(O)C(F)(F)F. The highest BCUT2D eigenvalue weighted by Crippen LogP contribution is 2.41. The smallest absolute Gasteiger partial charge is 0.475 e. The first-order valence-corrected chi connectivity index (χ1v) is 9.59. The van der Waals surface area contributed by atoms with E-state index in [0.717, 1.165) is 12.8 Å². The molecule has 0 saturated carbocycles. The van der Waals surface area contributed by atoms with Crippen molar-refractivity contribution in [2.24, 2.45) is 5.41 Å². The van der Waals surface area contributed by atoms with Gasteiger partial charge in [-0.3, -0.25) is 4.79 Å². The number of hydrogen-bond donors (Lipinski definition) is 1. The predicted molar refractivity (Wildman–Crippen MR) is 97.9 cm³/mol. The van der Waals surface area contributed by atoms with Gasteiger partial charge < -0.3 is 24.2 Å². The quantitative estimate of drug-likeness (QED) is 0.662. The summed E-state index contributed by atoms with van der Waals surface area (Å²) in [6.45, 7) is 4.57. The summed E-state index contributed by atoms with van der Waals surface area (Å²) < 4.78 is 62.2. The van der Waals surface area contributed by atoms with Crippen molar-refractivity contribution in [2.45, 2.75) is 32.0 Å². The lowest BCUT2D eigenvalue weighted by molar-refractivity contribution is -0.192. The number of hydrogen-bond acceptors (Lipinski definition) is 6. The molecule has 0 spiro atoms. The van der Waals surface area contributed by atoms with E-state index in [1.165, 1.54) is 18.3 Å². The number of nitrogens with zero attached hydrogens (tertiary/aromatic N) is 2. The van der Waals surface area contributed by atoms with Gasteiger partial charge in [-0.1, -0.05) is 0 Å².